The summed E-state index contributed by atoms with van der Waals surface area (Å²) in [7, 11) is 0. The van der Waals surface area contributed by atoms with Gasteiger partial charge in [0.2, 0.25) is 0 Å². The summed E-state index contributed by atoms with van der Waals surface area (Å²) in [5.41, 5.74) is 3.01. The molecule has 2 aromatic carbocycles. The third kappa shape index (κ3) is 4.49. The third-order valence-corrected chi connectivity index (χ3v) is 6.21. The molecular formula is C21H17N3O2S2. The van der Waals surface area contributed by atoms with Gasteiger partial charge < -0.3 is 5.11 Å². The lowest BCUT2D eigenvalue weighted by Gasteiger charge is -2.02. The molecule has 2 aromatic heterocycles. The van der Waals surface area contributed by atoms with Crippen LogP contribution in [0.15, 0.2) is 67.0 Å². The lowest BCUT2D eigenvalue weighted by atomic mass is 10.2. The molecule has 0 atom stereocenters. The molecule has 5 nitrogen and oxygen atoms in total. The van der Waals surface area contributed by atoms with E-state index in [1.165, 1.54) is 17.3 Å². The Bertz CT molecular complexity index is 1100. The standard InChI is InChI=1S/C21H17N3O2S2/c25-20(26)14-27-19(21-23-17-8-4-5-9-18(17)28-21)10-16-11-22-24(13-16)12-15-6-2-1-3-7-15/h1-11,13H,12,14H2,(H,25,26)/b19-10-. The molecule has 0 aliphatic heterocycles. The molecule has 28 heavy (non-hydrogen) atoms. The van der Waals surface area contributed by atoms with Crippen LogP contribution in [0, 0.1) is 0 Å². The highest BCUT2D eigenvalue weighted by Gasteiger charge is 2.12. The first-order valence-electron chi connectivity index (χ1n) is 8.66. The SMILES string of the molecule is O=C(O)CS/C(=C\c1cnn(Cc2ccccc2)c1)c1nc2ccccc2s1. The van der Waals surface area contributed by atoms with Crippen LogP contribution in [0.2, 0.25) is 0 Å². The maximum atomic E-state index is 11.1. The summed E-state index contributed by atoms with van der Waals surface area (Å²) in [6.07, 6.45) is 5.71. The van der Waals surface area contributed by atoms with Crippen LogP contribution < -0.4 is 0 Å². The van der Waals surface area contributed by atoms with E-state index in [1.807, 2.05) is 59.4 Å². The minimum atomic E-state index is -0.850. The predicted molar refractivity (Wildman–Crippen MR) is 115 cm³/mol. The molecule has 0 amide bonds. The number of thiazole rings is 1. The molecule has 0 bridgehead atoms. The molecule has 0 fully saturated rings. The normalized spacial score (nSPS) is 11.8. The highest BCUT2D eigenvalue weighted by Crippen LogP contribution is 2.35. The summed E-state index contributed by atoms with van der Waals surface area (Å²) < 4.78 is 2.96. The first-order chi connectivity index (χ1) is 13.7. The van der Waals surface area contributed by atoms with E-state index in [0.717, 1.165) is 25.7 Å². The Morgan fingerprint density at radius 3 is 2.71 bits per heavy atom. The molecule has 4 rings (SSSR count). The number of para-hydroxylation sites is 1. The zero-order valence-electron chi connectivity index (χ0n) is 14.9. The average Bonchev–Trinajstić information content (AvgIpc) is 3.32. The summed E-state index contributed by atoms with van der Waals surface area (Å²) in [6, 6.07) is 18.0. The number of fused-ring (bicyclic) bond motifs is 1. The third-order valence-electron chi connectivity index (χ3n) is 3.99. The lowest BCUT2D eigenvalue weighted by molar-refractivity contribution is -0.133. The summed E-state index contributed by atoms with van der Waals surface area (Å²) in [5.74, 6) is -0.864. The highest BCUT2D eigenvalue weighted by atomic mass is 32.2. The summed E-state index contributed by atoms with van der Waals surface area (Å²) >= 11 is 2.84. The van der Waals surface area contributed by atoms with Crippen molar-refractivity contribution in [1.82, 2.24) is 14.8 Å². The van der Waals surface area contributed by atoms with Gasteiger partial charge in [-0.3, -0.25) is 9.48 Å². The molecule has 0 saturated heterocycles. The minimum absolute atomic E-state index is 0.0140. The maximum absolute atomic E-state index is 11.1. The number of benzene rings is 2. The Morgan fingerprint density at radius 1 is 1.14 bits per heavy atom. The molecule has 2 heterocycles. The largest absolute Gasteiger partial charge is 0.481 e. The molecule has 0 saturated carbocycles. The van der Waals surface area contributed by atoms with Gasteiger partial charge in [-0.15, -0.1) is 23.1 Å². The Kier molecular flexibility index (Phi) is 5.55. The quantitative estimate of drug-likeness (QED) is 0.474. The first-order valence-corrected chi connectivity index (χ1v) is 10.5. The Hall–Kier alpha value is -2.90. The molecule has 0 spiro atoms. The smallest absolute Gasteiger partial charge is 0.313 e. The number of hydrogen-bond donors (Lipinski definition) is 1. The van der Waals surface area contributed by atoms with Gasteiger partial charge in [0.1, 0.15) is 5.01 Å². The minimum Gasteiger partial charge on any atom is -0.481 e. The fourth-order valence-corrected chi connectivity index (χ4v) is 4.59. The van der Waals surface area contributed by atoms with E-state index in [4.69, 9.17) is 5.11 Å². The topological polar surface area (TPSA) is 68.0 Å². The second-order valence-electron chi connectivity index (χ2n) is 6.13. The van der Waals surface area contributed by atoms with E-state index in [-0.39, 0.29) is 5.75 Å². The molecule has 7 heteroatoms. The summed E-state index contributed by atoms with van der Waals surface area (Å²) in [4.78, 5) is 16.6. The lowest BCUT2D eigenvalue weighted by Crippen LogP contribution is -1.99. The Morgan fingerprint density at radius 2 is 1.93 bits per heavy atom. The number of carboxylic acids is 1. The van der Waals surface area contributed by atoms with Crippen LogP contribution in [0.3, 0.4) is 0 Å². The molecule has 0 aliphatic rings. The van der Waals surface area contributed by atoms with Crippen LogP contribution in [0.25, 0.3) is 21.2 Å². The second kappa shape index (κ2) is 8.41. The molecule has 0 unspecified atom stereocenters. The summed E-state index contributed by atoms with van der Waals surface area (Å²) in [5, 5.41) is 14.4. The van der Waals surface area contributed by atoms with Crippen LogP contribution >= 0.6 is 23.1 Å². The van der Waals surface area contributed by atoms with Crippen LogP contribution in [-0.4, -0.2) is 31.6 Å². The van der Waals surface area contributed by atoms with Gasteiger partial charge in [0.25, 0.3) is 0 Å². The van der Waals surface area contributed by atoms with E-state index in [1.54, 1.807) is 17.5 Å². The fraction of sp³-hybridized carbons (Fsp3) is 0.0952. The highest BCUT2D eigenvalue weighted by molar-refractivity contribution is 8.09. The molecule has 140 valence electrons. The number of thioether (sulfide) groups is 1. The van der Waals surface area contributed by atoms with E-state index >= 15 is 0 Å². The van der Waals surface area contributed by atoms with E-state index < -0.39 is 5.97 Å². The zero-order chi connectivity index (χ0) is 19.3. The average molecular weight is 408 g/mol. The van der Waals surface area contributed by atoms with Crippen LogP contribution in [-0.2, 0) is 11.3 Å². The first kappa shape index (κ1) is 18.5. The number of aromatic nitrogens is 3. The van der Waals surface area contributed by atoms with Gasteiger partial charge >= 0.3 is 5.97 Å². The van der Waals surface area contributed by atoms with Crippen molar-refractivity contribution in [2.24, 2.45) is 0 Å². The van der Waals surface area contributed by atoms with E-state index in [9.17, 15) is 4.79 Å². The Labute approximate surface area is 170 Å². The number of nitrogens with zero attached hydrogens (tertiary/aromatic N) is 3. The van der Waals surface area contributed by atoms with Gasteiger partial charge in [-0.1, -0.05) is 42.5 Å². The zero-order valence-corrected chi connectivity index (χ0v) is 16.5. The molecule has 4 aromatic rings. The van der Waals surface area contributed by atoms with Crippen molar-refractivity contribution in [3.8, 4) is 0 Å². The van der Waals surface area contributed by atoms with E-state index in [0.29, 0.717) is 6.54 Å². The summed E-state index contributed by atoms with van der Waals surface area (Å²) in [6.45, 7) is 0.688. The van der Waals surface area contributed by atoms with Gasteiger partial charge in [-0.2, -0.15) is 5.10 Å². The van der Waals surface area contributed by atoms with Crippen molar-refractivity contribution in [2.45, 2.75) is 6.54 Å². The predicted octanol–water partition coefficient (Wildman–Crippen LogP) is 4.86. The van der Waals surface area contributed by atoms with Crippen molar-refractivity contribution in [3.63, 3.8) is 0 Å². The van der Waals surface area contributed by atoms with Gasteiger partial charge in [-0.25, -0.2) is 4.98 Å². The van der Waals surface area contributed by atoms with Crippen LogP contribution in [0.5, 0.6) is 0 Å². The molecule has 0 aliphatic carbocycles. The van der Waals surface area contributed by atoms with Gasteiger partial charge in [0.05, 0.1) is 28.7 Å². The van der Waals surface area contributed by atoms with Crippen molar-refractivity contribution in [2.75, 3.05) is 5.75 Å². The number of hydrogen-bond acceptors (Lipinski definition) is 5. The Balaban J connectivity index is 1.62. The van der Waals surface area contributed by atoms with E-state index in [2.05, 4.69) is 22.2 Å². The van der Waals surface area contributed by atoms with Crippen molar-refractivity contribution < 1.29 is 9.90 Å². The second-order valence-corrected chi connectivity index (χ2v) is 8.18. The molecule has 1 N–H and O–H groups in total. The van der Waals surface area contributed by atoms with Gasteiger partial charge in [0.15, 0.2) is 0 Å². The number of rotatable bonds is 7. The molecular weight excluding hydrogens is 390 g/mol. The van der Waals surface area contributed by atoms with Gasteiger partial charge in [-0.05, 0) is 23.8 Å². The number of carbonyl (C=O) groups is 1. The monoisotopic (exact) mass is 407 g/mol. The number of carboxylic acid groups (broad SMARTS) is 1. The van der Waals surface area contributed by atoms with Crippen LogP contribution in [0.4, 0.5) is 0 Å². The van der Waals surface area contributed by atoms with Crippen LogP contribution in [0.1, 0.15) is 16.1 Å². The van der Waals surface area contributed by atoms with Crippen molar-refractivity contribution in [1.29, 1.82) is 0 Å². The molecule has 0 radical (unpaired) electrons. The number of aliphatic carboxylic acids is 1. The maximum Gasteiger partial charge on any atom is 0.313 e. The van der Waals surface area contributed by atoms with Gasteiger partial charge in [0, 0.05) is 16.7 Å². The fourth-order valence-electron chi connectivity index (χ4n) is 2.74. The van der Waals surface area contributed by atoms with Crippen molar-refractivity contribution in [3.05, 3.63) is 83.1 Å². The van der Waals surface area contributed by atoms with Crippen molar-refractivity contribution >= 4 is 50.3 Å².